The van der Waals surface area contributed by atoms with Crippen molar-refractivity contribution in [3.8, 4) is 0 Å². The van der Waals surface area contributed by atoms with Gasteiger partial charge >= 0.3 is 0 Å². The minimum atomic E-state index is -0.290. The Kier molecular flexibility index (Phi) is 9.89. The molecule has 1 aromatic carbocycles. The molecule has 0 aliphatic carbocycles. The molecule has 0 bridgehead atoms. The topological polar surface area (TPSA) is 63.3 Å². The first-order valence-corrected chi connectivity index (χ1v) is 9.56. The number of nitrogens with two attached hydrogens (primary N) is 1. The van der Waals surface area contributed by atoms with Gasteiger partial charge in [0.2, 0.25) is 0 Å². The molecule has 3 N–H and O–H groups in total. The summed E-state index contributed by atoms with van der Waals surface area (Å²) in [5, 5.41) is 9.13. The minimum absolute atomic E-state index is 0.135. The molecule has 0 radical (unpaired) electrons. The van der Waals surface area contributed by atoms with Gasteiger partial charge in [-0.1, -0.05) is 63.8 Å². The third kappa shape index (κ3) is 7.59. The molecule has 1 atom stereocenters. The van der Waals surface area contributed by atoms with Gasteiger partial charge in [0.05, 0.1) is 0 Å². The normalized spacial score (nSPS) is 13.7. The van der Waals surface area contributed by atoms with Crippen LogP contribution in [0.4, 0.5) is 0 Å². The highest BCUT2D eigenvalue weighted by Crippen LogP contribution is 2.20. The third-order valence-electron chi connectivity index (χ3n) is 5.01. The van der Waals surface area contributed by atoms with Gasteiger partial charge in [-0.05, 0) is 37.7 Å². The number of Topliss-reactive ketones (excluding diaryl/α,β-unsaturated/α-hetero) is 1. The van der Waals surface area contributed by atoms with Gasteiger partial charge < -0.3 is 10.8 Å². The number of rotatable bonds is 13. The minimum Gasteiger partial charge on any atom is -0.396 e. The number of ketones is 1. The number of aliphatic hydroxyl groups excluding tert-OH is 1. The summed E-state index contributed by atoms with van der Waals surface area (Å²) in [7, 11) is 0. The van der Waals surface area contributed by atoms with E-state index in [9.17, 15) is 4.79 Å². The van der Waals surface area contributed by atoms with Gasteiger partial charge in [0.25, 0.3) is 0 Å². The molecule has 1 rings (SSSR count). The zero-order valence-electron chi connectivity index (χ0n) is 15.5. The lowest BCUT2D eigenvalue weighted by Gasteiger charge is -2.27. The quantitative estimate of drug-likeness (QED) is 0.408. The van der Waals surface area contributed by atoms with Crippen molar-refractivity contribution >= 4 is 5.78 Å². The summed E-state index contributed by atoms with van der Waals surface area (Å²) in [6, 6.07) is 7.97. The fourth-order valence-electron chi connectivity index (χ4n) is 2.99. The zero-order valence-corrected chi connectivity index (χ0v) is 15.5. The first kappa shape index (κ1) is 20.9. The van der Waals surface area contributed by atoms with Gasteiger partial charge in [-0.2, -0.15) is 0 Å². The van der Waals surface area contributed by atoms with Crippen molar-refractivity contribution in [2.24, 2.45) is 5.73 Å². The smallest absolute Gasteiger partial charge is 0.162 e. The number of benzene rings is 1. The average molecular weight is 334 g/mol. The highest BCUT2D eigenvalue weighted by molar-refractivity contribution is 5.96. The average Bonchev–Trinajstić information content (AvgIpc) is 2.60. The summed E-state index contributed by atoms with van der Waals surface area (Å²) < 4.78 is 0. The largest absolute Gasteiger partial charge is 0.396 e. The maximum atomic E-state index is 12.2. The van der Waals surface area contributed by atoms with Crippen LogP contribution in [-0.2, 0) is 6.42 Å². The standard InChI is InChI=1S/C21H35NO2/c1-3-5-6-7-8-9-20(24)19-12-10-18(11-13-19)14-15-21(22,4-2)16-17-23/h10-13,23H,3-9,14-17,22H2,1-2H3. The van der Waals surface area contributed by atoms with Crippen molar-refractivity contribution in [3.05, 3.63) is 35.4 Å². The van der Waals surface area contributed by atoms with Crippen LogP contribution >= 0.6 is 0 Å². The Hall–Kier alpha value is -1.19. The van der Waals surface area contributed by atoms with Crippen LogP contribution in [-0.4, -0.2) is 23.0 Å². The molecule has 0 saturated heterocycles. The molecule has 0 amide bonds. The van der Waals surface area contributed by atoms with Crippen LogP contribution in [0, 0.1) is 0 Å². The molecule has 0 saturated carbocycles. The Morgan fingerprint density at radius 3 is 2.29 bits per heavy atom. The molecule has 0 aliphatic heterocycles. The zero-order chi connectivity index (χ0) is 17.8. The van der Waals surface area contributed by atoms with E-state index in [4.69, 9.17) is 10.8 Å². The summed E-state index contributed by atoms with van der Waals surface area (Å²) >= 11 is 0. The second-order valence-corrected chi connectivity index (χ2v) is 6.97. The summed E-state index contributed by atoms with van der Waals surface area (Å²) in [6.07, 6.45) is 9.77. The maximum absolute atomic E-state index is 12.2. The van der Waals surface area contributed by atoms with E-state index in [1.165, 1.54) is 24.8 Å². The van der Waals surface area contributed by atoms with Crippen LogP contribution in [0.3, 0.4) is 0 Å². The molecule has 0 aromatic heterocycles. The number of aryl methyl sites for hydroxylation is 1. The van der Waals surface area contributed by atoms with Crippen LogP contribution in [0.1, 0.15) is 87.6 Å². The van der Waals surface area contributed by atoms with E-state index >= 15 is 0 Å². The van der Waals surface area contributed by atoms with Crippen molar-refractivity contribution in [2.45, 2.75) is 83.6 Å². The Bertz CT molecular complexity index is 469. The van der Waals surface area contributed by atoms with E-state index in [2.05, 4.69) is 13.8 Å². The molecule has 24 heavy (non-hydrogen) atoms. The third-order valence-corrected chi connectivity index (χ3v) is 5.01. The molecular weight excluding hydrogens is 298 g/mol. The van der Waals surface area contributed by atoms with E-state index < -0.39 is 0 Å². The van der Waals surface area contributed by atoms with Crippen molar-refractivity contribution in [1.29, 1.82) is 0 Å². The fraction of sp³-hybridized carbons (Fsp3) is 0.667. The second-order valence-electron chi connectivity index (χ2n) is 6.97. The number of unbranched alkanes of at least 4 members (excludes halogenated alkanes) is 4. The molecule has 3 heteroatoms. The lowest BCUT2D eigenvalue weighted by atomic mass is 9.87. The van der Waals surface area contributed by atoms with Crippen molar-refractivity contribution in [3.63, 3.8) is 0 Å². The van der Waals surface area contributed by atoms with Crippen LogP contribution in [0.2, 0.25) is 0 Å². The summed E-state index contributed by atoms with van der Waals surface area (Å²) in [6.45, 7) is 4.40. The molecule has 1 unspecified atom stereocenters. The van der Waals surface area contributed by atoms with E-state index in [0.29, 0.717) is 12.8 Å². The van der Waals surface area contributed by atoms with Crippen LogP contribution < -0.4 is 5.73 Å². The molecule has 0 heterocycles. The molecule has 0 spiro atoms. The number of hydrogen-bond donors (Lipinski definition) is 2. The van der Waals surface area contributed by atoms with Crippen LogP contribution in [0.15, 0.2) is 24.3 Å². The highest BCUT2D eigenvalue weighted by Gasteiger charge is 2.21. The van der Waals surface area contributed by atoms with Crippen molar-refractivity contribution in [2.75, 3.05) is 6.61 Å². The molecular formula is C21H35NO2. The first-order valence-electron chi connectivity index (χ1n) is 9.56. The van der Waals surface area contributed by atoms with E-state index in [0.717, 1.165) is 37.7 Å². The number of carbonyl (C=O) groups excluding carboxylic acids is 1. The van der Waals surface area contributed by atoms with Crippen LogP contribution in [0.5, 0.6) is 0 Å². The van der Waals surface area contributed by atoms with Gasteiger partial charge in [-0.3, -0.25) is 4.79 Å². The Morgan fingerprint density at radius 1 is 1.04 bits per heavy atom. The lowest BCUT2D eigenvalue weighted by Crippen LogP contribution is -2.40. The predicted molar refractivity (Wildman–Crippen MR) is 101 cm³/mol. The second kappa shape index (κ2) is 11.4. The van der Waals surface area contributed by atoms with Gasteiger partial charge in [0.15, 0.2) is 5.78 Å². The van der Waals surface area contributed by atoms with Gasteiger partial charge in [0, 0.05) is 24.1 Å². The maximum Gasteiger partial charge on any atom is 0.162 e. The summed E-state index contributed by atoms with van der Waals surface area (Å²) in [4.78, 5) is 12.2. The monoisotopic (exact) mass is 333 g/mol. The fourth-order valence-corrected chi connectivity index (χ4v) is 2.99. The lowest BCUT2D eigenvalue weighted by molar-refractivity contribution is 0.0979. The Morgan fingerprint density at radius 2 is 1.71 bits per heavy atom. The highest BCUT2D eigenvalue weighted by atomic mass is 16.3. The molecule has 136 valence electrons. The van der Waals surface area contributed by atoms with Gasteiger partial charge in [-0.25, -0.2) is 0 Å². The molecule has 3 nitrogen and oxygen atoms in total. The van der Waals surface area contributed by atoms with E-state index in [1.54, 1.807) is 0 Å². The Balaban J connectivity index is 2.43. The Labute approximate surface area is 147 Å². The SMILES string of the molecule is CCCCCCCC(=O)c1ccc(CCC(N)(CC)CCO)cc1. The van der Waals surface area contributed by atoms with Crippen molar-refractivity contribution < 1.29 is 9.90 Å². The molecule has 1 aromatic rings. The van der Waals surface area contributed by atoms with Gasteiger partial charge in [-0.15, -0.1) is 0 Å². The van der Waals surface area contributed by atoms with Crippen molar-refractivity contribution in [1.82, 2.24) is 0 Å². The summed E-state index contributed by atoms with van der Waals surface area (Å²) in [5.41, 5.74) is 8.04. The number of hydrogen-bond acceptors (Lipinski definition) is 3. The first-order chi connectivity index (χ1) is 11.5. The van der Waals surface area contributed by atoms with Gasteiger partial charge in [0.1, 0.15) is 0 Å². The number of carbonyl (C=O) groups is 1. The van der Waals surface area contributed by atoms with E-state index in [1.807, 2.05) is 24.3 Å². The predicted octanol–water partition coefficient (Wildman–Crippen LogP) is 4.65. The number of aliphatic hydroxyl groups is 1. The molecule has 0 fully saturated rings. The summed E-state index contributed by atoms with van der Waals surface area (Å²) in [5.74, 6) is 0.250. The van der Waals surface area contributed by atoms with Crippen LogP contribution in [0.25, 0.3) is 0 Å². The van der Waals surface area contributed by atoms with E-state index in [-0.39, 0.29) is 17.9 Å². The molecule has 0 aliphatic rings.